The highest BCUT2D eigenvalue weighted by molar-refractivity contribution is 5.91. The zero-order valence-electron chi connectivity index (χ0n) is 9.19. The number of carbonyl (C=O) groups is 1. The number of amides is 1. The molecule has 82 valence electrons. The van der Waals surface area contributed by atoms with E-state index in [2.05, 4.69) is 22.1 Å². The lowest BCUT2D eigenvalue weighted by atomic mass is 10.5. The molecule has 0 radical (unpaired) electrons. The quantitative estimate of drug-likeness (QED) is 0.697. The molecule has 0 spiro atoms. The largest absolute Gasteiger partial charge is 0.347 e. The number of nitrogens with one attached hydrogen (secondary N) is 1. The Morgan fingerprint density at radius 2 is 2.27 bits per heavy atom. The summed E-state index contributed by atoms with van der Waals surface area (Å²) in [4.78, 5) is 13.3. The predicted molar refractivity (Wildman–Crippen MR) is 57.9 cm³/mol. The minimum atomic E-state index is -0.252. The van der Waals surface area contributed by atoms with Gasteiger partial charge in [-0.3, -0.25) is 9.36 Å². The van der Waals surface area contributed by atoms with Gasteiger partial charge in [0.1, 0.15) is 0 Å². The molecule has 0 fully saturated rings. The number of rotatable bonds is 4. The van der Waals surface area contributed by atoms with E-state index < -0.39 is 0 Å². The van der Waals surface area contributed by atoms with Gasteiger partial charge in [-0.2, -0.15) is 0 Å². The maximum absolute atomic E-state index is 11.6. The summed E-state index contributed by atoms with van der Waals surface area (Å²) in [5, 5.41) is 10.4. The zero-order valence-corrected chi connectivity index (χ0v) is 9.19. The lowest BCUT2D eigenvalue weighted by molar-refractivity contribution is 0.0944. The lowest BCUT2D eigenvalue weighted by Gasteiger charge is -2.10. The molecule has 6 heteroatoms. The highest BCUT2D eigenvalue weighted by Crippen LogP contribution is 2.07. The summed E-state index contributed by atoms with van der Waals surface area (Å²) in [5.74, 6) is 0.678. The third kappa shape index (κ3) is 2.34. The second-order valence-corrected chi connectivity index (χ2v) is 3.28. The van der Waals surface area contributed by atoms with Crippen LogP contribution in [0.2, 0.25) is 0 Å². The van der Waals surface area contributed by atoms with Crippen LogP contribution in [0.1, 0.15) is 10.6 Å². The molecule has 0 saturated carbocycles. The van der Waals surface area contributed by atoms with E-state index in [0.29, 0.717) is 18.3 Å². The number of hydrogen-bond acceptors (Lipinski definition) is 4. The van der Waals surface area contributed by atoms with Gasteiger partial charge in [-0.15, -0.1) is 16.8 Å². The summed E-state index contributed by atoms with van der Waals surface area (Å²) >= 11 is 0. The van der Waals surface area contributed by atoms with Crippen molar-refractivity contribution in [3.8, 4) is 0 Å². The Balaban J connectivity index is 2.86. The first-order valence-electron chi connectivity index (χ1n) is 4.53. The van der Waals surface area contributed by atoms with E-state index >= 15 is 0 Å². The monoisotopic (exact) mass is 209 g/mol. The molecule has 0 aromatic carbocycles. The van der Waals surface area contributed by atoms with Crippen LogP contribution in [0.3, 0.4) is 0 Å². The molecule has 1 amide bonds. The zero-order chi connectivity index (χ0) is 11.4. The molecule has 0 unspecified atom stereocenters. The van der Waals surface area contributed by atoms with Crippen molar-refractivity contribution in [3.63, 3.8) is 0 Å². The van der Waals surface area contributed by atoms with Gasteiger partial charge in [-0.1, -0.05) is 6.08 Å². The standard InChI is InChI=1S/C9H15N5O/c1-5-6-10-8(15)7-11-12-9(13(2)3)14(7)4/h5H,1,6H2,2-4H3,(H,10,15). The SMILES string of the molecule is C=CCNC(=O)c1nnc(N(C)C)n1C. The Labute approximate surface area is 88.6 Å². The average Bonchev–Trinajstić information content (AvgIpc) is 2.56. The van der Waals surface area contributed by atoms with Gasteiger partial charge in [0, 0.05) is 27.7 Å². The van der Waals surface area contributed by atoms with Gasteiger partial charge in [0.2, 0.25) is 11.8 Å². The van der Waals surface area contributed by atoms with Crippen LogP contribution in [-0.2, 0) is 7.05 Å². The molecule has 0 bridgehead atoms. The maximum atomic E-state index is 11.6. The number of aromatic nitrogens is 3. The van der Waals surface area contributed by atoms with Gasteiger partial charge in [-0.25, -0.2) is 0 Å². The summed E-state index contributed by atoms with van der Waals surface area (Å²) in [6.45, 7) is 3.94. The van der Waals surface area contributed by atoms with Crippen molar-refractivity contribution < 1.29 is 4.79 Å². The molecular formula is C9H15N5O. The van der Waals surface area contributed by atoms with E-state index in [-0.39, 0.29) is 5.91 Å². The maximum Gasteiger partial charge on any atom is 0.289 e. The highest BCUT2D eigenvalue weighted by Gasteiger charge is 2.15. The Morgan fingerprint density at radius 1 is 1.60 bits per heavy atom. The van der Waals surface area contributed by atoms with Gasteiger partial charge in [0.15, 0.2) is 0 Å². The normalized spacial score (nSPS) is 9.80. The molecule has 1 heterocycles. The van der Waals surface area contributed by atoms with Crippen LogP contribution in [0.15, 0.2) is 12.7 Å². The molecule has 1 N–H and O–H groups in total. The third-order valence-corrected chi connectivity index (χ3v) is 1.86. The second-order valence-electron chi connectivity index (χ2n) is 3.28. The highest BCUT2D eigenvalue weighted by atomic mass is 16.2. The Morgan fingerprint density at radius 3 is 2.73 bits per heavy atom. The summed E-state index contributed by atoms with van der Waals surface area (Å²) in [7, 11) is 5.43. The van der Waals surface area contributed by atoms with Crippen LogP contribution in [0.4, 0.5) is 5.95 Å². The fourth-order valence-corrected chi connectivity index (χ4v) is 1.15. The van der Waals surface area contributed by atoms with Crippen LogP contribution < -0.4 is 10.2 Å². The van der Waals surface area contributed by atoms with Crippen molar-refractivity contribution in [2.75, 3.05) is 25.5 Å². The van der Waals surface area contributed by atoms with Crippen LogP contribution in [0, 0.1) is 0 Å². The fraction of sp³-hybridized carbons (Fsp3) is 0.444. The molecule has 15 heavy (non-hydrogen) atoms. The van der Waals surface area contributed by atoms with E-state index in [1.165, 1.54) is 0 Å². The van der Waals surface area contributed by atoms with Crippen LogP contribution in [-0.4, -0.2) is 41.3 Å². The van der Waals surface area contributed by atoms with Crippen LogP contribution in [0.5, 0.6) is 0 Å². The summed E-state index contributed by atoms with van der Waals surface area (Å²) < 4.78 is 1.64. The number of nitrogens with zero attached hydrogens (tertiary/aromatic N) is 4. The molecule has 0 saturated heterocycles. The minimum absolute atomic E-state index is 0.252. The van der Waals surface area contributed by atoms with Crippen molar-refractivity contribution >= 4 is 11.9 Å². The summed E-state index contributed by atoms with van der Waals surface area (Å²) in [6, 6.07) is 0. The van der Waals surface area contributed by atoms with E-state index in [1.807, 2.05) is 14.1 Å². The van der Waals surface area contributed by atoms with E-state index in [9.17, 15) is 4.79 Å². The van der Waals surface area contributed by atoms with Crippen molar-refractivity contribution in [2.24, 2.45) is 7.05 Å². The lowest BCUT2D eigenvalue weighted by Crippen LogP contribution is -2.26. The molecule has 0 aliphatic heterocycles. The molecule has 0 aliphatic carbocycles. The Bertz CT molecular complexity index is 369. The second kappa shape index (κ2) is 4.59. The molecule has 1 aromatic heterocycles. The Kier molecular flexibility index (Phi) is 3.43. The van der Waals surface area contributed by atoms with Gasteiger partial charge in [-0.05, 0) is 0 Å². The number of anilines is 1. The molecule has 1 aromatic rings. The first-order valence-corrected chi connectivity index (χ1v) is 4.53. The minimum Gasteiger partial charge on any atom is -0.347 e. The topological polar surface area (TPSA) is 63.1 Å². The van der Waals surface area contributed by atoms with Crippen molar-refractivity contribution in [1.29, 1.82) is 0 Å². The number of hydrogen-bond donors (Lipinski definition) is 1. The van der Waals surface area contributed by atoms with Gasteiger partial charge < -0.3 is 10.2 Å². The Hall–Kier alpha value is -1.85. The first-order chi connectivity index (χ1) is 7.07. The van der Waals surface area contributed by atoms with Gasteiger partial charge in [0.25, 0.3) is 5.91 Å². The first kappa shape index (κ1) is 11.2. The molecular weight excluding hydrogens is 194 g/mol. The van der Waals surface area contributed by atoms with E-state index in [0.717, 1.165) is 0 Å². The van der Waals surface area contributed by atoms with E-state index in [1.54, 1.807) is 22.6 Å². The molecule has 0 atom stereocenters. The van der Waals surface area contributed by atoms with Crippen molar-refractivity contribution in [2.45, 2.75) is 0 Å². The average molecular weight is 209 g/mol. The summed E-state index contributed by atoms with van der Waals surface area (Å²) in [5.41, 5.74) is 0. The van der Waals surface area contributed by atoms with Crippen LogP contribution >= 0.6 is 0 Å². The number of carbonyl (C=O) groups excluding carboxylic acids is 1. The van der Waals surface area contributed by atoms with Crippen molar-refractivity contribution in [1.82, 2.24) is 20.1 Å². The molecule has 6 nitrogen and oxygen atoms in total. The summed E-state index contributed by atoms with van der Waals surface area (Å²) in [6.07, 6.45) is 1.61. The predicted octanol–water partition coefficient (Wildman–Crippen LogP) is -0.203. The van der Waals surface area contributed by atoms with Gasteiger partial charge in [0.05, 0.1) is 0 Å². The van der Waals surface area contributed by atoms with Gasteiger partial charge >= 0.3 is 0 Å². The van der Waals surface area contributed by atoms with Crippen molar-refractivity contribution in [3.05, 3.63) is 18.5 Å². The molecule has 1 rings (SSSR count). The molecule has 0 aliphatic rings. The van der Waals surface area contributed by atoms with E-state index in [4.69, 9.17) is 0 Å². The fourth-order valence-electron chi connectivity index (χ4n) is 1.15. The third-order valence-electron chi connectivity index (χ3n) is 1.86. The smallest absolute Gasteiger partial charge is 0.289 e. The van der Waals surface area contributed by atoms with Crippen LogP contribution in [0.25, 0.3) is 0 Å².